The maximum Gasteiger partial charge on any atom is 0.212 e. The zero-order valence-corrected chi connectivity index (χ0v) is 16.8. The molecule has 0 spiro atoms. The Labute approximate surface area is 163 Å². The van der Waals surface area contributed by atoms with Gasteiger partial charge in [0.15, 0.2) is 5.82 Å². The van der Waals surface area contributed by atoms with E-state index in [4.69, 9.17) is 10.5 Å². The van der Waals surface area contributed by atoms with Crippen LogP contribution in [0.25, 0.3) is 11.0 Å². The molecule has 3 aromatic rings. The highest BCUT2D eigenvalue weighted by atomic mass is 32.2. The van der Waals surface area contributed by atoms with Gasteiger partial charge in [-0.15, -0.1) is 0 Å². The standard InChI is InChI=1S/C19H23N5O3S/c1-11-10-27-12(2)9-24(11)19-16-15(21-13(3)22-19)17(18(20)23-16)28(25,26)14-7-5-4-6-8-14/h4-8,11-12,23H,9-10,20H2,1-3H3/t11-,12-/m1/s1. The summed E-state index contributed by atoms with van der Waals surface area (Å²) in [5.74, 6) is 1.19. The number of H-pyrrole nitrogens is 1. The number of anilines is 2. The van der Waals surface area contributed by atoms with E-state index in [2.05, 4.69) is 19.9 Å². The molecule has 2 aromatic heterocycles. The van der Waals surface area contributed by atoms with Crippen LogP contribution in [-0.4, -0.2) is 48.7 Å². The summed E-state index contributed by atoms with van der Waals surface area (Å²) in [7, 11) is -3.83. The van der Waals surface area contributed by atoms with Crippen LogP contribution in [-0.2, 0) is 14.6 Å². The number of rotatable bonds is 3. The average Bonchev–Trinajstić information content (AvgIpc) is 3.00. The van der Waals surface area contributed by atoms with Crippen LogP contribution in [0.2, 0.25) is 0 Å². The van der Waals surface area contributed by atoms with Gasteiger partial charge in [-0.2, -0.15) is 0 Å². The maximum absolute atomic E-state index is 13.3. The van der Waals surface area contributed by atoms with Gasteiger partial charge in [-0.25, -0.2) is 18.4 Å². The summed E-state index contributed by atoms with van der Waals surface area (Å²) >= 11 is 0. The minimum Gasteiger partial charge on any atom is -0.384 e. The van der Waals surface area contributed by atoms with Gasteiger partial charge >= 0.3 is 0 Å². The van der Waals surface area contributed by atoms with Crippen molar-refractivity contribution in [2.75, 3.05) is 23.8 Å². The number of nitrogens with two attached hydrogens (primary N) is 1. The van der Waals surface area contributed by atoms with E-state index in [1.165, 1.54) is 0 Å². The number of nitrogen functional groups attached to an aromatic ring is 1. The predicted molar refractivity (Wildman–Crippen MR) is 107 cm³/mol. The number of sulfone groups is 1. The summed E-state index contributed by atoms with van der Waals surface area (Å²) in [6.07, 6.45) is 0.0429. The molecule has 1 saturated heterocycles. The van der Waals surface area contributed by atoms with Crippen molar-refractivity contribution in [2.45, 2.75) is 42.7 Å². The van der Waals surface area contributed by atoms with Crippen LogP contribution >= 0.6 is 0 Å². The molecular formula is C19H23N5O3S. The van der Waals surface area contributed by atoms with Gasteiger partial charge in [0.2, 0.25) is 9.84 Å². The first-order valence-corrected chi connectivity index (χ1v) is 10.6. The van der Waals surface area contributed by atoms with Crippen molar-refractivity contribution < 1.29 is 13.2 Å². The smallest absolute Gasteiger partial charge is 0.212 e. The minimum atomic E-state index is -3.83. The van der Waals surface area contributed by atoms with E-state index in [-0.39, 0.29) is 27.8 Å². The largest absolute Gasteiger partial charge is 0.384 e. The molecule has 8 nitrogen and oxygen atoms in total. The van der Waals surface area contributed by atoms with Crippen molar-refractivity contribution in [3.63, 3.8) is 0 Å². The number of aromatic nitrogens is 3. The predicted octanol–water partition coefficient (Wildman–Crippen LogP) is 2.29. The lowest BCUT2D eigenvalue weighted by Crippen LogP contribution is -2.48. The Bertz CT molecular complexity index is 1130. The topological polar surface area (TPSA) is 114 Å². The first-order valence-electron chi connectivity index (χ1n) is 9.13. The number of morpholine rings is 1. The third-order valence-corrected chi connectivity index (χ3v) is 6.77. The molecular weight excluding hydrogens is 378 g/mol. The summed E-state index contributed by atoms with van der Waals surface area (Å²) < 4.78 is 32.2. The van der Waals surface area contributed by atoms with Crippen molar-refractivity contribution >= 4 is 32.5 Å². The highest BCUT2D eigenvalue weighted by Gasteiger charge is 2.31. The first-order chi connectivity index (χ1) is 13.3. The molecule has 0 aliphatic carbocycles. The zero-order chi connectivity index (χ0) is 20.1. The van der Waals surface area contributed by atoms with Crippen molar-refractivity contribution in [3.8, 4) is 0 Å². The molecule has 1 aliphatic rings. The Hall–Kier alpha value is -2.65. The lowest BCUT2D eigenvalue weighted by Gasteiger charge is -2.37. The lowest BCUT2D eigenvalue weighted by atomic mass is 10.2. The third kappa shape index (κ3) is 3.00. The molecule has 0 radical (unpaired) electrons. The minimum absolute atomic E-state index is 0.00518. The highest BCUT2D eigenvalue weighted by Crippen LogP contribution is 2.36. The third-order valence-electron chi connectivity index (χ3n) is 4.92. The monoisotopic (exact) mass is 401 g/mol. The van der Waals surface area contributed by atoms with Gasteiger partial charge in [0.05, 0.1) is 23.6 Å². The number of ether oxygens (including phenoxy) is 1. The van der Waals surface area contributed by atoms with E-state index in [9.17, 15) is 8.42 Å². The maximum atomic E-state index is 13.3. The molecule has 0 saturated carbocycles. The fourth-order valence-electron chi connectivity index (χ4n) is 3.55. The van der Waals surface area contributed by atoms with Gasteiger partial charge in [0, 0.05) is 6.54 Å². The van der Waals surface area contributed by atoms with E-state index in [1.54, 1.807) is 37.3 Å². The number of fused-ring (bicyclic) bond motifs is 1. The van der Waals surface area contributed by atoms with Crippen molar-refractivity contribution in [1.29, 1.82) is 0 Å². The number of aryl methyl sites for hydroxylation is 1. The van der Waals surface area contributed by atoms with Crippen LogP contribution in [0, 0.1) is 6.92 Å². The molecule has 1 aromatic carbocycles. The number of nitrogens with one attached hydrogen (secondary N) is 1. The Morgan fingerprint density at radius 1 is 1.21 bits per heavy atom. The normalized spacial score (nSPS) is 20.6. The Morgan fingerprint density at radius 3 is 2.64 bits per heavy atom. The SMILES string of the molecule is Cc1nc(N2C[C@@H](C)OC[C@H]2C)c2[nH]c(N)c(S(=O)(=O)c3ccccc3)c2n1. The molecule has 1 fully saturated rings. The second-order valence-corrected chi connectivity index (χ2v) is 9.03. The van der Waals surface area contributed by atoms with Crippen LogP contribution in [0.3, 0.4) is 0 Å². The number of aromatic amines is 1. The van der Waals surface area contributed by atoms with Crippen LogP contribution in [0.15, 0.2) is 40.1 Å². The molecule has 9 heteroatoms. The Morgan fingerprint density at radius 2 is 1.93 bits per heavy atom. The van der Waals surface area contributed by atoms with Crippen molar-refractivity contribution in [3.05, 3.63) is 36.2 Å². The van der Waals surface area contributed by atoms with Gasteiger partial charge in [-0.3, -0.25) is 0 Å². The van der Waals surface area contributed by atoms with E-state index in [1.807, 2.05) is 13.8 Å². The highest BCUT2D eigenvalue weighted by molar-refractivity contribution is 7.92. The second kappa shape index (κ2) is 6.75. The van der Waals surface area contributed by atoms with Crippen LogP contribution in [0.4, 0.5) is 11.6 Å². The molecule has 3 N–H and O–H groups in total. The van der Waals surface area contributed by atoms with Gasteiger partial charge in [0.1, 0.15) is 27.6 Å². The molecule has 148 valence electrons. The lowest BCUT2D eigenvalue weighted by molar-refractivity contribution is 0.0341. The van der Waals surface area contributed by atoms with Gasteiger partial charge in [-0.1, -0.05) is 18.2 Å². The molecule has 2 atom stereocenters. The van der Waals surface area contributed by atoms with Crippen LogP contribution < -0.4 is 10.6 Å². The summed E-state index contributed by atoms with van der Waals surface area (Å²) in [6.45, 7) is 7.00. The number of hydrogen-bond donors (Lipinski definition) is 2. The quantitative estimate of drug-likeness (QED) is 0.692. The molecule has 28 heavy (non-hydrogen) atoms. The van der Waals surface area contributed by atoms with Gasteiger partial charge < -0.3 is 20.4 Å². The number of hydrogen-bond acceptors (Lipinski definition) is 7. The van der Waals surface area contributed by atoms with E-state index in [0.29, 0.717) is 35.8 Å². The Kier molecular flexibility index (Phi) is 4.51. The molecule has 0 bridgehead atoms. The molecule has 3 heterocycles. The number of benzene rings is 1. The van der Waals surface area contributed by atoms with Gasteiger partial charge in [0.25, 0.3) is 0 Å². The Balaban J connectivity index is 1.94. The first kappa shape index (κ1) is 18.7. The van der Waals surface area contributed by atoms with E-state index >= 15 is 0 Å². The van der Waals surface area contributed by atoms with E-state index in [0.717, 1.165) is 0 Å². The van der Waals surface area contributed by atoms with Crippen LogP contribution in [0.5, 0.6) is 0 Å². The van der Waals surface area contributed by atoms with E-state index < -0.39 is 9.84 Å². The van der Waals surface area contributed by atoms with Crippen LogP contribution in [0.1, 0.15) is 19.7 Å². The molecule has 0 amide bonds. The van der Waals surface area contributed by atoms with Crippen molar-refractivity contribution in [1.82, 2.24) is 15.0 Å². The summed E-state index contributed by atoms with van der Waals surface area (Å²) in [5, 5.41) is 0. The molecule has 1 aliphatic heterocycles. The fourth-order valence-corrected chi connectivity index (χ4v) is 5.05. The number of nitrogens with zero attached hydrogens (tertiary/aromatic N) is 3. The molecule has 4 rings (SSSR count). The van der Waals surface area contributed by atoms with Gasteiger partial charge in [-0.05, 0) is 32.9 Å². The summed E-state index contributed by atoms with van der Waals surface area (Å²) in [6, 6.07) is 8.32. The second-order valence-electron chi connectivity index (χ2n) is 7.15. The molecule has 0 unspecified atom stereocenters. The zero-order valence-electron chi connectivity index (χ0n) is 16.0. The summed E-state index contributed by atoms with van der Waals surface area (Å²) in [4.78, 5) is 14.3. The van der Waals surface area contributed by atoms with Crippen molar-refractivity contribution in [2.24, 2.45) is 0 Å². The fraction of sp³-hybridized carbons (Fsp3) is 0.368. The summed E-state index contributed by atoms with van der Waals surface area (Å²) in [5.41, 5.74) is 6.98. The average molecular weight is 401 g/mol.